The smallest absolute Gasteiger partial charge is 0.325 e. The predicted octanol–water partition coefficient (Wildman–Crippen LogP) is 2.91. The number of imide groups is 1. The van der Waals surface area contributed by atoms with Crippen LogP contribution in [-0.4, -0.2) is 39.3 Å². The third kappa shape index (κ3) is 3.69. The molecule has 1 aromatic heterocycles. The molecule has 9 heteroatoms. The van der Waals surface area contributed by atoms with E-state index in [1.165, 1.54) is 11.3 Å². The van der Waals surface area contributed by atoms with Gasteiger partial charge in [-0.1, -0.05) is 25.0 Å². The van der Waals surface area contributed by atoms with E-state index >= 15 is 0 Å². The molecular weight excluding hydrogens is 392 g/mol. The minimum absolute atomic E-state index is 0.279. The molecule has 29 heavy (non-hydrogen) atoms. The molecule has 1 aliphatic carbocycles. The van der Waals surface area contributed by atoms with E-state index in [4.69, 9.17) is 4.74 Å². The molecule has 1 atom stereocenters. The van der Waals surface area contributed by atoms with Crippen LogP contribution in [0.3, 0.4) is 0 Å². The van der Waals surface area contributed by atoms with Crippen molar-refractivity contribution in [2.24, 2.45) is 0 Å². The standard InChI is InChI=1S/C20H22N4O4S/c1-13(24-18(26)20(23-19(24)27)8-4-5-9-20)17(25)22-15-6-2-3-7-16(15)28-10-14-11-29-12-21-14/h2-3,6-7,11-13H,4-5,8-10H2,1H3,(H,22,25)(H,23,27). The van der Waals surface area contributed by atoms with E-state index in [0.29, 0.717) is 24.3 Å². The first-order valence-electron chi connectivity index (χ1n) is 9.56. The zero-order valence-corrected chi connectivity index (χ0v) is 16.8. The fourth-order valence-electron chi connectivity index (χ4n) is 3.82. The van der Waals surface area contributed by atoms with Gasteiger partial charge in [-0.2, -0.15) is 0 Å². The highest BCUT2D eigenvalue weighted by atomic mass is 32.1. The SMILES string of the molecule is CC(C(=O)Nc1ccccc1OCc1cscn1)N1C(=O)NC2(CCCC2)C1=O. The number of thiazole rings is 1. The average Bonchev–Trinajstić information content (AvgIpc) is 3.44. The van der Waals surface area contributed by atoms with Gasteiger partial charge in [-0.25, -0.2) is 14.7 Å². The lowest BCUT2D eigenvalue weighted by molar-refractivity contribution is -0.136. The third-order valence-electron chi connectivity index (χ3n) is 5.42. The number of rotatable bonds is 6. The van der Waals surface area contributed by atoms with Crippen LogP contribution >= 0.6 is 11.3 Å². The van der Waals surface area contributed by atoms with Gasteiger partial charge in [0.15, 0.2) is 0 Å². The maximum atomic E-state index is 12.9. The third-order valence-corrected chi connectivity index (χ3v) is 6.06. The van der Waals surface area contributed by atoms with E-state index in [1.807, 2.05) is 5.38 Å². The summed E-state index contributed by atoms with van der Waals surface area (Å²) in [6.07, 6.45) is 3.03. The summed E-state index contributed by atoms with van der Waals surface area (Å²) in [6, 6.07) is 5.59. The van der Waals surface area contributed by atoms with Crippen LogP contribution in [0.4, 0.5) is 10.5 Å². The Morgan fingerprint density at radius 1 is 1.34 bits per heavy atom. The van der Waals surface area contributed by atoms with Crippen LogP contribution in [0, 0.1) is 0 Å². The van der Waals surface area contributed by atoms with Gasteiger partial charge in [-0.05, 0) is 31.9 Å². The molecular formula is C20H22N4O4S. The summed E-state index contributed by atoms with van der Waals surface area (Å²) in [6.45, 7) is 1.83. The second kappa shape index (κ2) is 7.82. The molecule has 1 saturated heterocycles. The molecule has 2 heterocycles. The van der Waals surface area contributed by atoms with Gasteiger partial charge in [-0.3, -0.25) is 9.59 Å². The molecule has 0 radical (unpaired) electrons. The van der Waals surface area contributed by atoms with E-state index in [-0.39, 0.29) is 12.5 Å². The molecule has 1 unspecified atom stereocenters. The highest BCUT2D eigenvalue weighted by Gasteiger charge is 2.54. The number of anilines is 1. The lowest BCUT2D eigenvalue weighted by Gasteiger charge is -2.24. The van der Waals surface area contributed by atoms with Gasteiger partial charge < -0.3 is 15.4 Å². The van der Waals surface area contributed by atoms with Gasteiger partial charge in [0.25, 0.3) is 5.91 Å². The lowest BCUT2D eigenvalue weighted by Crippen LogP contribution is -2.48. The molecule has 1 spiro atoms. The summed E-state index contributed by atoms with van der Waals surface area (Å²) in [7, 11) is 0. The lowest BCUT2D eigenvalue weighted by atomic mass is 9.97. The van der Waals surface area contributed by atoms with Crippen LogP contribution in [0.2, 0.25) is 0 Å². The number of amides is 4. The first kappa shape index (κ1) is 19.4. The highest BCUT2D eigenvalue weighted by molar-refractivity contribution is 7.07. The van der Waals surface area contributed by atoms with Crippen molar-refractivity contribution in [1.29, 1.82) is 0 Å². The summed E-state index contributed by atoms with van der Waals surface area (Å²) in [5, 5.41) is 7.47. The monoisotopic (exact) mass is 414 g/mol. The van der Waals surface area contributed by atoms with Crippen LogP contribution < -0.4 is 15.4 Å². The minimum atomic E-state index is -0.936. The van der Waals surface area contributed by atoms with Crippen LogP contribution in [0.25, 0.3) is 0 Å². The second-order valence-electron chi connectivity index (χ2n) is 7.32. The average molecular weight is 414 g/mol. The van der Waals surface area contributed by atoms with E-state index in [1.54, 1.807) is 36.7 Å². The van der Waals surface area contributed by atoms with Crippen molar-refractivity contribution < 1.29 is 19.1 Å². The van der Waals surface area contributed by atoms with E-state index < -0.39 is 23.5 Å². The van der Waals surface area contributed by atoms with Crippen molar-refractivity contribution in [2.75, 3.05) is 5.32 Å². The maximum absolute atomic E-state index is 12.9. The molecule has 1 aromatic carbocycles. The summed E-state index contributed by atoms with van der Waals surface area (Å²) in [4.78, 5) is 43.3. The van der Waals surface area contributed by atoms with Crippen molar-refractivity contribution in [3.05, 3.63) is 40.8 Å². The first-order valence-corrected chi connectivity index (χ1v) is 10.5. The molecule has 2 aromatic rings. The van der Waals surface area contributed by atoms with E-state index in [2.05, 4.69) is 15.6 Å². The van der Waals surface area contributed by atoms with Gasteiger partial charge >= 0.3 is 6.03 Å². The molecule has 4 rings (SSSR count). The largest absolute Gasteiger partial charge is 0.485 e. The van der Waals surface area contributed by atoms with Gasteiger partial charge in [0.05, 0.1) is 16.9 Å². The molecule has 2 fully saturated rings. The highest BCUT2D eigenvalue weighted by Crippen LogP contribution is 2.36. The van der Waals surface area contributed by atoms with Crippen LogP contribution in [-0.2, 0) is 16.2 Å². The van der Waals surface area contributed by atoms with Crippen molar-refractivity contribution in [2.45, 2.75) is 50.8 Å². The zero-order chi connectivity index (χ0) is 20.4. The second-order valence-corrected chi connectivity index (χ2v) is 8.04. The Balaban J connectivity index is 1.45. The molecule has 8 nitrogen and oxygen atoms in total. The zero-order valence-electron chi connectivity index (χ0n) is 16.0. The summed E-state index contributed by atoms with van der Waals surface area (Å²) in [5.74, 6) is -0.269. The number of hydrogen-bond acceptors (Lipinski definition) is 6. The van der Waals surface area contributed by atoms with Gasteiger partial charge in [0.2, 0.25) is 5.91 Å². The Morgan fingerprint density at radius 2 is 2.10 bits per heavy atom. The normalized spacial score (nSPS) is 18.7. The van der Waals surface area contributed by atoms with Crippen molar-refractivity contribution >= 4 is 34.9 Å². The fourth-order valence-corrected chi connectivity index (χ4v) is 4.36. The number of hydrogen-bond donors (Lipinski definition) is 2. The fraction of sp³-hybridized carbons (Fsp3) is 0.400. The van der Waals surface area contributed by atoms with E-state index in [0.717, 1.165) is 23.4 Å². The summed E-state index contributed by atoms with van der Waals surface area (Å²) < 4.78 is 5.78. The Morgan fingerprint density at radius 3 is 2.83 bits per heavy atom. The number of urea groups is 1. The number of carbonyl (C=O) groups is 3. The molecule has 152 valence electrons. The van der Waals surface area contributed by atoms with Crippen molar-refractivity contribution in [3.63, 3.8) is 0 Å². The van der Waals surface area contributed by atoms with Crippen molar-refractivity contribution in [3.8, 4) is 5.75 Å². The number of para-hydroxylation sites is 2. The first-order chi connectivity index (χ1) is 14.0. The molecule has 2 N–H and O–H groups in total. The molecule has 1 saturated carbocycles. The minimum Gasteiger partial charge on any atom is -0.485 e. The Kier molecular flexibility index (Phi) is 5.23. The van der Waals surface area contributed by atoms with Crippen LogP contribution in [0.1, 0.15) is 38.3 Å². The quantitative estimate of drug-likeness (QED) is 0.708. The number of nitrogens with one attached hydrogen (secondary N) is 2. The van der Waals surface area contributed by atoms with Crippen LogP contribution in [0.15, 0.2) is 35.2 Å². The van der Waals surface area contributed by atoms with Gasteiger partial charge in [-0.15, -0.1) is 11.3 Å². The predicted molar refractivity (Wildman–Crippen MR) is 108 cm³/mol. The number of benzene rings is 1. The Labute approximate surface area is 172 Å². The Bertz CT molecular complexity index is 924. The number of ether oxygens (including phenoxy) is 1. The topological polar surface area (TPSA) is 101 Å². The molecule has 2 aliphatic rings. The van der Waals surface area contributed by atoms with Gasteiger partial charge in [0.1, 0.15) is 23.9 Å². The van der Waals surface area contributed by atoms with E-state index in [9.17, 15) is 14.4 Å². The summed E-state index contributed by atoms with van der Waals surface area (Å²) >= 11 is 1.48. The number of carbonyl (C=O) groups excluding carboxylic acids is 3. The van der Waals surface area contributed by atoms with Crippen molar-refractivity contribution in [1.82, 2.24) is 15.2 Å². The number of nitrogens with zero attached hydrogens (tertiary/aromatic N) is 2. The molecule has 0 bridgehead atoms. The summed E-state index contributed by atoms with van der Waals surface area (Å²) in [5.41, 5.74) is 2.16. The number of aromatic nitrogens is 1. The van der Waals surface area contributed by atoms with Gasteiger partial charge in [0, 0.05) is 5.38 Å². The Hall–Kier alpha value is -2.94. The van der Waals surface area contributed by atoms with Crippen LogP contribution in [0.5, 0.6) is 5.75 Å². The maximum Gasteiger partial charge on any atom is 0.325 e. The molecule has 1 aliphatic heterocycles. The molecule has 4 amide bonds.